The standard InChI is InChI=1S/C13H9ClN2/c1-9-11(8-15)4-7-13(16-9)10-2-5-12(14)6-3-10/h2-7H,1H3. The number of rotatable bonds is 1. The molecule has 0 amide bonds. The summed E-state index contributed by atoms with van der Waals surface area (Å²) in [6.45, 7) is 1.83. The minimum atomic E-state index is 0.609. The van der Waals surface area contributed by atoms with Crippen molar-refractivity contribution in [3.63, 3.8) is 0 Å². The first-order valence-electron chi connectivity index (χ1n) is 4.84. The Hall–Kier alpha value is -1.85. The number of nitriles is 1. The third-order valence-electron chi connectivity index (χ3n) is 2.35. The molecular weight excluding hydrogens is 220 g/mol. The van der Waals surface area contributed by atoms with Gasteiger partial charge in [-0.1, -0.05) is 23.7 Å². The van der Waals surface area contributed by atoms with Crippen molar-refractivity contribution in [1.29, 1.82) is 5.26 Å². The van der Waals surface area contributed by atoms with Gasteiger partial charge >= 0.3 is 0 Å². The van der Waals surface area contributed by atoms with E-state index >= 15 is 0 Å². The number of pyridine rings is 1. The lowest BCUT2D eigenvalue weighted by atomic mass is 10.1. The molecular formula is C13H9ClN2. The fourth-order valence-corrected chi connectivity index (χ4v) is 1.59. The molecule has 2 nitrogen and oxygen atoms in total. The molecule has 0 aliphatic heterocycles. The van der Waals surface area contributed by atoms with Gasteiger partial charge in [0.2, 0.25) is 0 Å². The minimum Gasteiger partial charge on any atom is -0.252 e. The van der Waals surface area contributed by atoms with E-state index < -0.39 is 0 Å². The number of hydrogen-bond donors (Lipinski definition) is 0. The topological polar surface area (TPSA) is 36.7 Å². The normalized spacial score (nSPS) is 9.81. The SMILES string of the molecule is Cc1nc(-c2ccc(Cl)cc2)ccc1C#N. The molecule has 16 heavy (non-hydrogen) atoms. The van der Waals surface area contributed by atoms with Crippen LogP contribution < -0.4 is 0 Å². The maximum absolute atomic E-state index is 8.81. The Morgan fingerprint density at radius 3 is 2.38 bits per heavy atom. The van der Waals surface area contributed by atoms with Gasteiger partial charge in [0.05, 0.1) is 17.0 Å². The monoisotopic (exact) mass is 228 g/mol. The van der Waals surface area contributed by atoms with Gasteiger partial charge in [0, 0.05) is 10.6 Å². The molecule has 1 heterocycles. The highest BCUT2D eigenvalue weighted by atomic mass is 35.5. The molecule has 0 radical (unpaired) electrons. The van der Waals surface area contributed by atoms with Gasteiger partial charge < -0.3 is 0 Å². The van der Waals surface area contributed by atoms with E-state index in [1.54, 1.807) is 6.07 Å². The summed E-state index contributed by atoms with van der Waals surface area (Å²) in [5, 5.41) is 9.51. The fraction of sp³-hybridized carbons (Fsp3) is 0.0769. The number of aryl methyl sites for hydroxylation is 1. The van der Waals surface area contributed by atoms with Crippen LogP contribution in [0.5, 0.6) is 0 Å². The van der Waals surface area contributed by atoms with E-state index in [2.05, 4.69) is 11.1 Å². The lowest BCUT2D eigenvalue weighted by molar-refractivity contribution is 1.18. The van der Waals surface area contributed by atoms with E-state index in [1.807, 2.05) is 37.3 Å². The summed E-state index contributed by atoms with van der Waals surface area (Å²) >= 11 is 5.81. The molecule has 0 bridgehead atoms. The molecule has 0 unspecified atom stereocenters. The van der Waals surface area contributed by atoms with Crippen molar-refractivity contribution >= 4 is 11.6 Å². The smallest absolute Gasteiger partial charge is 0.101 e. The second kappa shape index (κ2) is 4.34. The quantitative estimate of drug-likeness (QED) is 0.748. The molecule has 0 N–H and O–H groups in total. The van der Waals surface area contributed by atoms with Crippen molar-refractivity contribution in [2.75, 3.05) is 0 Å². The number of halogens is 1. The second-order valence-corrected chi connectivity index (χ2v) is 3.88. The van der Waals surface area contributed by atoms with Crippen molar-refractivity contribution in [3.8, 4) is 17.3 Å². The van der Waals surface area contributed by atoms with Gasteiger partial charge in [0.25, 0.3) is 0 Å². The van der Waals surface area contributed by atoms with Crippen molar-refractivity contribution in [2.45, 2.75) is 6.92 Å². The summed E-state index contributed by atoms with van der Waals surface area (Å²) in [6.07, 6.45) is 0. The average molecular weight is 229 g/mol. The molecule has 1 aromatic heterocycles. The van der Waals surface area contributed by atoms with E-state index in [0.29, 0.717) is 10.6 Å². The summed E-state index contributed by atoms with van der Waals surface area (Å²) in [5.74, 6) is 0. The first-order chi connectivity index (χ1) is 7.70. The largest absolute Gasteiger partial charge is 0.252 e. The second-order valence-electron chi connectivity index (χ2n) is 3.45. The first kappa shape index (κ1) is 10.7. The zero-order valence-corrected chi connectivity index (χ0v) is 9.49. The van der Waals surface area contributed by atoms with E-state index in [1.165, 1.54) is 0 Å². The zero-order valence-electron chi connectivity index (χ0n) is 8.74. The van der Waals surface area contributed by atoms with Crippen LogP contribution in [0.15, 0.2) is 36.4 Å². The predicted octanol–water partition coefficient (Wildman–Crippen LogP) is 3.58. The number of aromatic nitrogens is 1. The Balaban J connectivity index is 2.46. The molecule has 0 saturated heterocycles. The fourth-order valence-electron chi connectivity index (χ4n) is 1.46. The maximum atomic E-state index is 8.81. The molecule has 2 aromatic rings. The molecule has 0 saturated carbocycles. The van der Waals surface area contributed by atoms with Gasteiger partial charge in [-0.05, 0) is 31.2 Å². The van der Waals surface area contributed by atoms with Crippen molar-refractivity contribution in [2.24, 2.45) is 0 Å². The zero-order chi connectivity index (χ0) is 11.5. The van der Waals surface area contributed by atoms with E-state index in [-0.39, 0.29) is 0 Å². The van der Waals surface area contributed by atoms with Gasteiger partial charge in [-0.3, -0.25) is 4.98 Å². The molecule has 0 fully saturated rings. The van der Waals surface area contributed by atoms with Gasteiger partial charge in [0.1, 0.15) is 6.07 Å². The Morgan fingerprint density at radius 1 is 1.12 bits per heavy atom. The average Bonchev–Trinajstić information content (AvgIpc) is 2.30. The van der Waals surface area contributed by atoms with Crippen LogP contribution >= 0.6 is 11.6 Å². The molecule has 78 valence electrons. The lowest BCUT2D eigenvalue weighted by Crippen LogP contribution is -1.90. The summed E-state index contributed by atoms with van der Waals surface area (Å²) in [4.78, 5) is 4.38. The van der Waals surface area contributed by atoms with Crippen LogP contribution in [0.1, 0.15) is 11.3 Å². The van der Waals surface area contributed by atoms with Crippen LogP contribution in [0.4, 0.5) is 0 Å². The third-order valence-corrected chi connectivity index (χ3v) is 2.60. The molecule has 0 spiro atoms. The van der Waals surface area contributed by atoms with Gasteiger partial charge in [-0.15, -0.1) is 0 Å². The van der Waals surface area contributed by atoms with Gasteiger partial charge in [-0.2, -0.15) is 5.26 Å². The highest BCUT2D eigenvalue weighted by Gasteiger charge is 2.03. The Labute approximate surface area is 99.1 Å². The van der Waals surface area contributed by atoms with Gasteiger partial charge in [0.15, 0.2) is 0 Å². The predicted molar refractivity (Wildman–Crippen MR) is 64.1 cm³/mol. The van der Waals surface area contributed by atoms with Crippen molar-refractivity contribution in [1.82, 2.24) is 4.98 Å². The molecule has 0 aliphatic rings. The molecule has 0 atom stereocenters. The van der Waals surface area contributed by atoms with Crippen LogP contribution in [0, 0.1) is 18.3 Å². The minimum absolute atomic E-state index is 0.609. The van der Waals surface area contributed by atoms with Crippen molar-refractivity contribution in [3.05, 3.63) is 52.7 Å². The van der Waals surface area contributed by atoms with Crippen LogP contribution in [0.3, 0.4) is 0 Å². The molecule has 1 aromatic carbocycles. The third kappa shape index (κ3) is 2.05. The number of nitrogens with zero attached hydrogens (tertiary/aromatic N) is 2. The molecule has 2 rings (SSSR count). The summed E-state index contributed by atoms with van der Waals surface area (Å²) in [5.41, 5.74) is 3.21. The highest BCUT2D eigenvalue weighted by molar-refractivity contribution is 6.30. The summed E-state index contributed by atoms with van der Waals surface area (Å²) < 4.78 is 0. The van der Waals surface area contributed by atoms with E-state index in [0.717, 1.165) is 17.0 Å². The van der Waals surface area contributed by atoms with Crippen LogP contribution in [0.25, 0.3) is 11.3 Å². The lowest BCUT2D eigenvalue weighted by Gasteiger charge is -2.03. The summed E-state index contributed by atoms with van der Waals surface area (Å²) in [7, 11) is 0. The Kier molecular flexibility index (Phi) is 2.89. The van der Waals surface area contributed by atoms with Crippen LogP contribution in [-0.2, 0) is 0 Å². The van der Waals surface area contributed by atoms with Crippen LogP contribution in [-0.4, -0.2) is 4.98 Å². The molecule has 3 heteroatoms. The highest BCUT2D eigenvalue weighted by Crippen LogP contribution is 2.20. The molecule has 0 aliphatic carbocycles. The van der Waals surface area contributed by atoms with Crippen LogP contribution in [0.2, 0.25) is 5.02 Å². The van der Waals surface area contributed by atoms with E-state index in [9.17, 15) is 0 Å². The Morgan fingerprint density at radius 2 is 1.81 bits per heavy atom. The summed E-state index contributed by atoms with van der Waals surface area (Å²) in [6, 6.07) is 13.2. The van der Waals surface area contributed by atoms with E-state index in [4.69, 9.17) is 16.9 Å². The number of hydrogen-bond acceptors (Lipinski definition) is 2. The first-order valence-corrected chi connectivity index (χ1v) is 5.22. The number of benzene rings is 1. The Bertz CT molecular complexity index is 553. The van der Waals surface area contributed by atoms with Crippen molar-refractivity contribution < 1.29 is 0 Å². The van der Waals surface area contributed by atoms with Gasteiger partial charge in [-0.25, -0.2) is 0 Å². The maximum Gasteiger partial charge on any atom is 0.101 e.